The molecule has 0 unspecified atom stereocenters. The lowest BCUT2D eigenvalue weighted by atomic mass is 10.2. The molecule has 0 aromatic heterocycles. The normalized spacial score (nSPS) is 12.3. The minimum absolute atomic E-state index is 0.280. The van der Waals surface area contributed by atoms with Crippen molar-refractivity contribution in [2.24, 2.45) is 0 Å². The molecule has 0 atom stereocenters. The van der Waals surface area contributed by atoms with Gasteiger partial charge in [0.2, 0.25) is 10.0 Å². The van der Waals surface area contributed by atoms with E-state index in [0.717, 1.165) is 5.56 Å². The summed E-state index contributed by atoms with van der Waals surface area (Å²) >= 11 is 3.31. The molecule has 0 bridgehead atoms. The van der Waals surface area contributed by atoms with Crippen LogP contribution in [0.4, 0.5) is 0 Å². The van der Waals surface area contributed by atoms with E-state index in [2.05, 4.69) is 44.7 Å². The first-order valence-corrected chi connectivity index (χ1v) is 9.18. The fourth-order valence-electron chi connectivity index (χ4n) is 1.76. The molecule has 0 aliphatic rings. The van der Waals surface area contributed by atoms with Crippen LogP contribution in [0.25, 0.3) is 0 Å². The summed E-state index contributed by atoms with van der Waals surface area (Å²) in [5.41, 5.74) is 0.931. The molecule has 1 aromatic rings. The number of sulfonamides is 1. The number of halogens is 1. The largest absolute Gasteiger partial charge is 0.316 e. The number of benzene rings is 1. The van der Waals surface area contributed by atoms with Crippen molar-refractivity contribution in [3.63, 3.8) is 0 Å². The van der Waals surface area contributed by atoms with Gasteiger partial charge in [-0.05, 0) is 61.6 Å². The quantitative estimate of drug-likeness (QED) is 0.724. The minimum Gasteiger partial charge on any atom is -0.316 e. The number of nitrogens with zero attached hydrogens (tertiary/aromatic N) is 1. The van der Waals surface area contributed by atoms with Crippen molar-refractivity contribution >= 4 is 26.0 Å². The summed E-state index contributed by atoms with van der Waals surface area (Å²) in [7, 11) is 0.300. The van der Waals surface area contributed by atoms with E-state index in [1.807, 2.05) is 20.2 Å². The molecule has 0 aliphatic carbocycles. The standard InChI is InChI=1S/C14H24BrN3O2S/c1-11(2)18(4)8-7-17-21(19,20)14-9-12(10-16-3)5-6-13(14)15/h5-6,9,11,16-17H,7-8,10H2,1-4H3. The van der Waals surface area contributed by atoms with E-state index in [9.17, 15) is 8.42 Å². The fraction of sp³-hybridized carbons (Fsp3) is 0.571. The molecule has 0 saturated carbocycles. The Morgan fingerprint density at radius 3 is 2.57 bits per heavy atom. The maximum Gasteiger partial charge on any atom is 0.241 e. The third-order valence-corrected chi connectivity index (χ3v) is 5.76. The Kier molecular flexibility index (Phi) is 7.29. The van der Waals surface area contributed by atoms with Crippen LogP contribution in [0, 0.1) is 0 Å². The smallest absolute Gasteiger partial charge is 0.241 e. The maximum atomic E-state index is 12.4. The van der Waals surface area contributed by atoms with Crippen molar-refractivity contribution in [1.29, 1.82) is 0 Å². The van der Waals surface area contributed by atoms with Crippen LogP contribution in [-0.4, -0.2) is 46.5 Å². The van der Waals surface area contributed by atoms with E-state index in [4.69, 9.17) is 0 Å². The first kappa shape index (κ1) is 18.6. The van der Waals surface area contributed by atoms with E-state index in [1.54, 1.807) is 12.1 Å². The second-order valence-corrected chi connectivity index (χ2v) is 7.86. The lowest BCUT2D eigenvalue weighted by Crippen LogP contribution is -2.36. The zero-order valence-corrected chi connectivity index (χ0v) is 15.4. The molecule has 1 rings (SSSR count). The van der Waals surface area contributed by atoms with Crippen molar-refractivity contribution in [3.8, 4) is 0 Å². The highest BCUT2D eigenvalue weighted by Crippen LogP contribution is 2.23. The zero-order chi connectivity index (χ0) is 16.0. The molecule has 2 N–H and O–H groups in total. The third kappa shape index (κ3) is 5.67. The summed E-state index contributed by atoms with van der Waals surface area (Å²) in [5, 5.41) is 3.02. The molecule has 7 heteroatoms. The topological polar surface area (TPSA) is 61.4 Å². The Morgan fingerprint density at radius 2 is 2.00 bits per heavy atom. The van der Waals surface area contributed by atoms with Gasteiger partial charge >= 0.3 is 0 Å². The van der Waals surface area contributed by atoms with Crippen molar-refractivity contribution < 1.29 is 8.42 Å². The van der Waals surface area contributed by atoms with Crippen molar-refractivity contribution in [1.82, 2.24) is 14.9 Å². The molecular formula is C14H24BrN3O2S. The molecule has 0 radical (unpaired) electrons. The highest BCUT2D eigenvalue weighted by Gasteiger charge is 2.18. The van der Waals surface area contributed by atoms with Gasteiger partial charge in [-0.2, -0.15) is 0 Å². The fourth-order valence-corrected chi connectivity index (χ4v) is 3.79. The highest BCUT2D eigenvalue weighted by atomic mass is 79.9. The van der Waals surface area contributed by atoms with Gasteiger partial charge in [-0.25, -0.2) is 13.1 Å². The Morgan fingerprint density at radius 1 is 1.33 bits per heavy atom. The number of hydrogen-bond acceptors (Lipinski definition) is 4. The first-order chi connectivity index (χ1) is 9.77. The molecule has 5 nitrogen and oxygen atoms in total. The highest BCUT2D eigenvalue weighted by molar-refractivity contribution is 9.10. The maximum absolute atomic E-state index is 12.4. The van der Waals surface area contributed by atoms with Gasteiger partial charge < -0.3 is 10.2 Å². The zero-order valence-electron chi connectivity index (χ0n) is 13.0. The Balaban J connectivity index is 2.80. The van der Waals surface area contributed by atoms with Crippen LogP contribution in [-0.2, 0) is 16.6 Å². The van der Waals surface area contributed by atoms with Gasteiger partial charge in [0.1, 0.15) is 0 Å². The summed E-state index contributed by atoms with van der Waals surface area (Å²) < 4.78 is 28.0. The minimum atomic E-state index is -3.50. The van der Waals surface area contributed by atoms with Gasteiger partial charge in [-0.3, -0.25) is 0 Å². The molecule has 0 spiro atoms. The van der Waals surface area contributed by atoms with Crippen LogP contribution in [0.15, 0.2) is 27.6 Å². The van der Waals surface area contributed by atoms with Crippen LogP contribution in [0.2, 0.25) is 0 Å². The first-order valence-electron chi connectivity index (χ1n) is 6.91. The van der Waals surface area contributed by atoms with Crippen LogP contribution < -0.4 is 10.0 Å². The van der Waals surface area contributed by atoms with Crippen molar-refractivity contribution in [2.75, 3.05) is 27.2 Å². The lowest BCUT2D eigenvalue weighted by Gasteiger charge is -2.21. The summed E-state index contributed by atoms with van der Waals surface area (Å²) in [6.07, 6.45) is 0. The second kappa shape index (κ2) is 8.24. The van der Waals surface area contributed by atoms with Crippen molar-refractivity contribution in [3.05, 3.63) is 28.2 Å². The summed E-state index contributed by atoms with van der Waals surface area (Å²) in [6, 6.07) is 5.74. The van der Waals surface area contributed by atoms with Gasteiger partial charge in [0.25, 0.3) is 0 Å². The summed E-state index contributed by atoms with van der Waals surface area (Å²) in [5.74, 6) is 0. The van der Waals surface area contributed by atoms with Gasteiger partial charge in [-0.1, -0.05) is 6.07 Å². The molecule has 0 amide bonds. The van der Waals surface area contributed by atoms with Gasteiger partial charge in [0.05, 0.1) is 4.90 Å². The van der Waals surface area contributed by atoms with E-state index in [1.165, 1.54) is 0 Å². The molecule has 0 aliphatic heterocycles. The molecule has 0 fully saturated rings. The summed E-state index contributed by atoms with van der Waals surface area (Å²) in [4.78, 5) is 2.37. The Labute approximate surface area is 136 Å². The van der Waals surface area contributed by atoms with E-state index in [-0.39, 0.29) is 4.90 Å². The van der Waals surface area contributed by atoms with Crippen molar-refractivity contribution in [2.45, 2.75) is 31.3 Å². The molecule has 0 heterocycles. The SMILES string of the molecule is CNCc1ccc(Br)c(S(=O)(=O)NCCN(C)C(C)C)c1. The molecule has 1 aromatic carbocycles. The van der Waals surface area contributed by atoms with Crippen LogP contribution in [0.5, 0.6) is 0 Å². The van der Waals surface area contributed by atoms with Crippen LogP contribution >= 0.6 is 15.9 Å². The molecule has 0 saturated heterocycles. The van der Waals surface area contributed by atoms with E-state index >= 15 is 0 Å². The monoisotopic (exact) mass is 377 g/mol. The Hall–Kier alpha value is -0.470. The predicted molar refractivity (Wildman–Crippen MR) is 89.9 cm³/mol. The van der Waals surface area contributed by atoms with Crippen LogP contribution in [0.3, 0.4) is 0 Å². The summed E-state index contributed by atoms with van der Waals surface area (Å²) in [6.45, 7) is 5.84. The average molecular weight is 378 g/mol. The Bertz CT molecular complexity index is 561. The third-order valence-electron chi connectivity index (χ3n) is 3.30. The number of rotatable bonds is 8. The van der Waals surface area contributed by atoms with Crippen LogP contribution in [0.1, 0.15) is 19.4 Å². The lowest BCUT2D eigenvalue weighted by molar-refractivity contribution is 0.278. The van der Waals surface area contributed by atoms with Gasteiger partial charge in [0.15, 0.2) is 0 Å². The second-order valence-electron chi connectivity index (χ2n) is 5.27. The van der Waals surface area contributed by atoms with Gasteiger partial charge in [-0.15, -0.1) is 0 Å². The molecule has 120 valence electrons. The van der Waals surface area contributed by atoms with E-state index in [0.29, 0.717) is 30.1 Å². The number of hydrogen-bond donors (Lipinski definition) is 2. The predicted octanol–water partition coefficient (Wildman–Crippen LogP) is 1.79. The number of nitrogens with one attached hydrogen (secondary N) is 2. The van der Waals surface area contributed by atoms with Gasteiger partial charge in [0, 0.05) is 30.1 Å². The average Bonchev–Trinajstić information content (AvgIpc) is 2.40. The number of likely N-dealkylation sites (N-methyl/N-ethyl adjacent to an activating group) is 1. The van der Waals surface area contributed by atoms with E-state index < -0.39 is 10.0 Å². The molecular weight excluding hydrogens is 354 g/mol. The molecule has 21 heavy (non-hydrogen) atoms.